The van der Waals surface area contributed by atoms with Gasteiger partial charge in [0.25, 0.3) is 5.91 Å². The summed E-state index contributed by atoms with van der Waals surface area (Å²) >= 11 is -1.98. The molecule has 106 valence electrons. The number of amides is 2. The Bertz CT molecular complexity index is 318. The Labute approximate surface area is 109 Å². The van der Waals surface area contributed by atoms with Crippen LogP contribution in [-0.4, -0.2) is 39.1 Å². The minimum absolute atomic E-state index is 0.144. The minimum atomic E-state index is -1.98. The van der Waals surface area contributed by atoms with Crippen LogP contribution in [0.2, 0.25) is 0 Å². The van der Waals surface area contributed by atoms with Crippen LogP contribution >= 0.6 is 0 Å². The fourth-order valence-corrected chi connectivity index (χ4v) is 2.99. The van der Waals surface area contributed by atoms with E-state index in [1.165, 1.54) is 12.6 Å². The normalized spacial score (nSPS) is 28.5. The van der Waals surface area contributed by atoms with Crippen LogP contribution in [0.3, 0.4) is 0 Å². The Morgan fingerprint density at radius 1 is 1.61 bits per heavy atom. The summed E-state index contributed by atoms with van der Waals surface area (Å²) in [6, 6.07) is -0.308. The van der Waals surface area contributed by atoms with E-state index in [9.17, 15) is 13.8 Å². The molecule has 0 aliphatic carbocycles. The van der Waals surface area contributed by atoms with Crippen molar-refractivity contribution < 1.29 is 23.2 Å². The van der Waals surface area contributed by atoms with Crippen LogP contribution < -0.4 is 10.8 Å². The highest BCUT2D eigenvalue weighted by atomic mass is 32.2. The van der Waals surface area contributed by atoms with E-state index in [4.69, 9.17) is 5.21 Å². The second-order valence-electron chi connectivity index (χ2n) is 3.69. The lowest BCUT2D eigenvalue weighted by Gasteiger charge is -2.35. The standard InChI is InChI=1S/C8H14N2O5S.C2H6/c1-5-3-8(7(12)10-13,16(14)15-2)4-6(11)9-5;1-2/h5,13H,3-4H2,1-2H3,(H,9,11)(H,10,12);1-2H3. The molecule has 18 heavy (non-hydrogen) atoms. The van der Waals surface area contributed by atoms with Crippen molar-refractivity contribution in [3.05, 3.63) is 0 Å². The van der Waals surface area contributed by atoms with Crippen molar-refractivity contribution in [3.63, 3.8) is 0 Å². The van der Waals surface area contributed by atoms with Crippen molar-refractivity contribution in [2.75, 3.05) is 7.11 Å². The maximum atomic E-state index is 11.7. The van der Waals surface area contributed by atoms with Gasteiger partial charge in [0.2, 0.25) is 5.91 Å². The minimum Gasteiger partial charge on any atom is -0.354 e. The first-order valence-corrected chi connectivity index (χ1v) is 6.74. The first kappa shape index (κ1) is 17.0. The number of hydroxylamine groups is 1. The number of carbonyl (C=O) groups excluding carboxylic acids is 2. The quantitative estimate of drug-likeness (QED) is 0.493. The lowest BCUT2D eigenvalue weighted by Crippen LogP contribution is -2.59. The number of carbonyl (C=O) groups is 2. The van der Waals surface area contributed by atoms with Crippen LogP contribution in [0.25, 0.3) is 0 Å². The van der Waals surface area contributed by atoms with Crippen LogP contribution in [0.5, 0.6) is 0 Å². The van der Waals surface area contributed by atoms with Gasteiger partial charge in [0.15, 0.2) is 15.8 Å². The molecular weight excluding hydrogens is 260 g/mol. The Morgan fingerprint density at radius 2 is 2.17 bits per heavy atom. The molecule has 1 rings (SSSR count). The molecule has 3 atom stereocenters. The summed E-state index contributed by atoms with van der Waals surface area (Å²) in [4.78, 5) is 22.9. The number of hydrogen-bond acceptors (Lipinski definition) is 5. The maximum absolute atomic E-state index is 11.7. The first-order valence-electron chi connectivity index (χ1n) is 5.66. The van der Waals surface area contributed by atoms with Gasteiger partial charge < -0.3 is 5.32 Å². The number of rotatable bonds is 3. The zero-order valence-corrected chi connectivity index (χ0v) is 11.8. The monoisotopic (exact) mass is 280 g/mol. The van der Waals surface area contributed by atoms with Gasteiger partial charge in [-0.2, -0.15) is 0 Å². The second-order valence-corrected chi connectivity index (χ2v) is 5.27. The van der Waals surface area contributed by atoms with Gasteiger partial charge in [-0.05, 0) is 13.3 Å². The van der Waals surface area contributed by atoms with Crippen molar-refractivity contribution in [2.24, 2.45) is 0 Å². The average Bonchev–Trinajstić information content (AvgIpc) is 2.37. The zero-order valence-electron chi connectivity index (χ0n) is 11.0. The fraction of sp³-hybridized carbons (Fsp3) is 0.800. The van der Waals surface area contributed by atoms with Gasteiger partial charge in [-0.3, -0.25) is 19.0 Å². The Morgan fingerprint density at radius 3 is 2.56 bits per heavy atom. The molecule has 0 aromatic heterocycles. The van der Waals surface area contributed by atoms with Gasteiger partial charge in [-0.15, -0.1) is 0 Å². The molecule has 0 radical (unpaired) electrons. The van der Waals surface area contributed by atoms with E-state index in [1.807, 2.05) is 13.8 Å². The molecule has 0 aromatic carbocycles. The smallest absolute Gasteiger partial charge is 0.265 e. The van der Waals surface area contributed by atoms with Gasteiger partial charge >= 0.3 is 0 Å². The number of piperidine rings is 1. The number of hydrogen-bond donors (Lipinski definition) is 3. The molecule has 1 aliphatic heterocycles. The SMILES string of the molecule is CC.COS(=O)C1(C(=O)NO)CC(=O)NC(C)C1. The summed E-state index contributed by atoms with van der Waals surface area (Å²) in [5.41, 5.74) is 1.44. The topological polar surface area (TPSA) is 105 Å². The van der Waals surface area contributed by atoms with Crippen molar-refractivity contribution in [1.29, 1.82) is 0 Å². The summed E-state index contributed by atoms with van der Waals surface area (Å²) < 4.78 is 14.8. The summed E-state index contributed by atoms with van der Waals surface area (Å²) in [7, 11) is 1.18. The highest BCUT2D eigenvalue weighted by molar-refractivity contribution is 7.82. The molecule has 3 unspecified atom stereocenters. The van der Waals surface area contributed by atoms with Crippen LogP contribution in [-0.2, 0) is 24.9 Å². The predicted octanol–water partition coefficient (Wildman–Crippen LogP) is -0.135. The second kappa shape index (κ2) is 7.45. The molecule has 0 bridgehead atoms. The maximum Gasteiger partial charge on any atom is 0.265 e. The van der Waals surface area contributed by atoms with Crippen LogP contribution in [0.1, 0.15) is 33.6 Å². The molecule has 0 saturated carbocycles. The summed E-state index contributed by atoms with van der Waals surface area (Å²) in [6.07, 6.45) is -0.129. The highest BCUT2D eigenvalue weighted by Crippen LogP contribution is 2.29. The molecule has 1 fully saturated rings. The van der Waals surface area contributed by atoms with E-state index in [2.05, 4.69) is 9.50 Å². The van der Waals surface area contributed by atoms with E-state index >= 15 is 0 Å². The van der Waals surface area contributed by atoms with E-state index in [1.54, 1.807) is 6.92 Å². The van der Waals surface area contributed by atoms with Gasteiger partial charge in [0, 0.05) is 6.04 Å². The van der Waals surface area contributed by atoms with Gasteiger partial charge in [0.05, 0.1) is 13.5 Å². The Balaban J connectivity index is 0.00000137. The van der Waals surface area contributed by atoms with Crippen LogP contribution in [0.15, 0.2) is 0 Å². The molecule has 1 aliphatic rings. The first-order chi connectivity index (χ1) is 8.46. The largest absolute Gasteiger partial charge is 0.354 e. The molecule has 8 heteroatoms. The van der Waals surface area contributed by atoms with Crippen LogP contribution in [0.4, 0.5) is 0 Å². The molecule has 3 N–H and O–H groups in total. The summed E-state index contributed by atoms with van der Waals surface area (Å²) in [5, 5.41) is 11.2. The third kappa shape index (κ3) is 3.50. The summed E-state index contributed by atoms with van der Waals surface area (Å²) in [6.45, 7) is 5.68. The molecular formula is C10H20N2O5S. The van der Waals surface area contributed by atoms with Crippen molar-refractivity contribution in [3.8, 4) is 0 Å². The molecule has 1 saturated heterocycles. The van der Waals surface area contributed by atoms with Crippen molar-refractivity contribution >= 4 is 22.9 Å². The molecule has 1 heterocycles. The molecule has 7 nitrogen and oxygen atoms in total. The van der Waals surface area contributed by atoms with E-state index in [0.29, 0.717) is 0 Å². The van der Waals surface area contributed by atoms with E-state index in [0.717, 1.165) is 0 Å². The summed E-state index contributed by atoms with van der Waals surface area (Å²) in [5.74, 6) is -1.26. The van der Waals surface area contributed by atoms with E-state index in [-0.39, 0.29) is 18.9 Å². The van der Waals surface area contributed by atoms with Gasteiger partial charge in [-0.1, -0.05) is 13.8 Å². The van der Waals surface area contributed by atoms with Gasteiger partial charge in [0.1, 0.15) is 0 Å². The lowest BCUT2D eigenvalue weighted by molar-refractivity contribution is -0.137. The van der Waals surface area contributed by atoms with Gasteiger partial charge in [-0.25, -0.2) is 9.69 Å². The van der Waals surface area contributed by atoms with Crippen molar-refractivity contribution in [1.82, 2.24) is 10.8 Å². The Hall–Kier alpha value is -0.990. The third-order valence-corrected chi connectivity index (χ3v) is 3.91. The number of nitrogens with one attached hydrogen (secondary N) is 2. The highest BCUT2D eigenvalue weighted by Gasteiger charge is 2.51. The van der Waals surface area contributed by atoms with E-state index < -0.39 is 27.6 Å². The van der Waals surface area contributed by atoms with Crippen LogP contribution in [0, 0.1) is 0 Å². The Kier molecular flexibility index (Phi) is 7.04. The predicted molar refractivity (Wildman–Crippen MR) is 66.0 cm³/mol. The lowest BCUT2D eigenvalue weighted by atomic mass is 9.91. The zero-order chi connectivity index (χ0) is 14.3. The molecule has 2 amide bonds. The molecule has 0 aromatic rings. The fourth-order valence-electron chi connectivity index (χ4n) is 1.84. The van der Waals surface area contributed by atoms with Crippen molar-refractivity contribution in [2.45, 2.75) is 44.4 Å². The molecule has 0 spiro atoms. The third-order valence-electron chi connectivity index (χ3n) is 2.48. The average molecular weight is 280 g/mol.